The van der Waals surface area contributed by atoms with Gasteiger partial charge in [-0.2, -0.15) is 0 Å². The van der Waals surface area contributed by atoms with E-state index in [0.29, 0.717) is 0 Å². The third-order valence-corrected chi connectivity index (χ3v) is 2.86. The van der Waals surface area contributed by atoms with E-state index >= 15 is 0 Å². The van der Waals surface area contributed by atoms with Crippen LogP contribution in [0.5, 0.6) is 0 Å². The summed E-state index contributed by atoms with van der Waals surface area (Å²) in [7, 11) is 0. The molecule has 0 aromatic heterocycles. The summed E-state index contributed by atoms with van der Waals surface area (Å²) in [6.45, 7) is 9.26. The average Bonchev–Trinajstić information content (AvgIpc) is 2.60. The van der Waals surface area contributed by atoms with Crippen LogP contribution >= 0.6 is 0 Å². The van der Waals surface area contributed by atoms with Gasteiger partial charge in [-0.3, -0.25) is 4.90 Å². The number of hydrogen-bond donors (Lipinski definition) is 0. The van der Waals surface area contributed by atoms with Crippen molar-refractivity contribution in [1.29, 1.82) is 0 Å². The van der Waals surface area contributed by atoms with Crippen LogP contribution in [0, 0.1) is 0 Å². The maximum atomic E-state index is 4.09. The molecule has 0 atom stereocenters. The molecule has 1 aromatic rings. The van der Waals surface area contributed by atoms with Gasteiger partial charge in [0.25, 0.3) is 0 Å². The monoisotopic (exact) mass is 199 g/mol. The van der Waals surface area contributed by atoms with Gasteiger partial charge in [-0.15, -0.1) is 0 Å². The van der Waals surface area contributed by atoms with Gasteiger partial charge >= 0.3 is 0 Å². The molecule has 15 heavy (non-hydrogen) atoms. The van der Waals surface area contributed by atoms with Gasteiger partial charge in [-0.05, 0) is 23.6 Å². The molecule has 1 heteroatoms. The molecule has 0 aliphatic carbocycles. The largest absolute Gasteiger partial charge is 0.291 e. The van der Waals surface area contributed by atoms with E-state index < -0.39 is 0 Å². The third kappa shape index (κ3) is 2.37. The van der Waals surface area contributed by atoms with Crippen LogP contribution in [0.2, 0.25) is 0 Å². The Labute approximate surface area is 91.7 Å². The van der Waals surface area contributed by atoms with Crippen molar-refractivity contribution >= 4 is 0 Å². The standard InChI is InChI=1S/C14H17N/c1-3-14-11-15(9-12(14)2)10-13-7-5-4-6-8-13/h3-8H,2,9-11H2,1H3/b14-3+. The van der Waals surface area contributed by atoms with E-state index in [0.717, 1.165) is 19.6 Å². The zero-order chi connectivity index (χ0) is 10.7. The average molecular weight is 199 g/mol. The number of likely N-dealkylation sites (tertiary alicyclic amines) is 1. The smallest absolute Gasteiger partial charge is 0.0240 e. The van der Waals surface area contributed by atoms with Gasteiger partial charge in [0.05, 0.1) is 0 Å². The summed E-state index contributed by atoms with van der Waals surface area (Å²) in [4.78, 5) is 2.42. The molecule has 2 rings (SSSR count). The molecule has 1 nitrogen and oxygen atoms in total. The van der Waals surface area contributed by atoms with Gasteiger partial charge in [-0.1, -0.05) is 43.0 Å². The lowest BCUT2D eigenvalue weighted by Gasteiger charge is -2.13. The molecule has 0 N–H and O–H groups in total. The Morgan fingerprint density at radius 2 is 2.00 bits per heavy atom. The fourth-order valence-corrected chi connectivity index (χ4v) is 2.03. The van der Waals surface area contributed by atoms with E-state index in [1.807, 2.05) is 0 Å². The number of hydrogen-bond acceptors (Lipinski definition) is 1. The SMILES string of the molecule is C=C1CN(Cc2ccccc2)C/C1=C\C. The molecule has 0 radical (unpaired) electrons. The highest BCUT2D eigenvalue weighted by atomic mass is 15.1. The summed E-state index contributed by atoms with van der Waals surface area (Å²) in [6.07, 6.45) is 2.17. The zero-order valence-electron chi connectivity index (χ0n) is 9.24. The lowest BCUT2D eigenvalue weighted by molar-refractivity contribution is 0.347. The second-order valence-electron chi connectivity index (χ2n) is 4.05. The molecule has 0 spiro atoms. The highest BCUT2D eigenvalue weighted by Crippen LogP contribution is 2.21. The summed E-state index contributed by atoms with van der Waals surface area (Å²) < 4.78 is 0. The second kappa shape index (κ2) is 4.45. The highest BCUT2D eigenvalue weighted by molar-refractivity contribution is 5.35. The first-order valence-corrected chi connectivity index (χ1v) is 5.39. The molecule has 0 bridgehead atoms. The van der Waals surface area contributed by atoms with Crippen molar-refractivity contribution in [2.24, 2.45) is 0 Å². The van der Waals surface area contributed by atoms with E-state index in [1.165, 1.54) is 16.7 Å². The van der Waals surface area contributed by atoms with Crippen LogP contribution in [0.25, 0.3) is 0 Å². The number of nitrogens with zero attached hydrogens (tertiary/aromatic N) is 1. The summed E-state index contributed by atoms with van der Waals surface area (Å²) in [6, 6.07) is 10.6. The number of benzene rings is 1. The van der Waals surface area contributed by atoms with E-state index in [4.69, 9.17) is 0 Å². The van der Waals surface area contributed by atoms with Crippen molar-refractivity contribution < 1.29 is 0 Å². The van der Waals surface area contributed by atoms with Gasteiger partial charge in [0.1, 0.15) is 0 Å². The first-order chi connectivity index (χ1) is 7.29. The van der Waals surface area contributed by atoms with Gasteiger partial charge < -0.3 is 0 Å². The van der Waals surface area contributed by atoms with Crippen molar-refractivity contribution in [3.63, 3.8) is 0 Å². The number of rotatable bonds is 2. The molecular weight excluding hydrogens is 182 g/mol. The zero-order valence-corrected chi connectivity index (χ0v) is 9.24. The Morgan fingerprint density at radius 1 is 1.27 bits per heavy atom. The molecule has 1 aliphatic rings. The topological polar surface area (TPSA) is 3.24 Å². The Morgan fingerprint density at radius 3 is 2.60 bits per heavy atom. The molecule has 1 fully saturated rings. The highest BCUT2D eigenvalue weighted by Gasteiger charge is 2.18. The van der Waals surface area contributed by atoms with Crippen LogP contribution in [-0.2, 0) is 6.54 Å². The minimum Gasteiger partial charge on any atom is -0.291 e. The van der Waals surface area contributed by atoms with Crippen molar-refractivity contribution in [1.82, 2.24) is 4.90 Å². The molecule has 1 aromatic carbocycles. The van der Waals surface area contributed by atoms with Crippen LogP contribution in [0.15, 0.2) is 54.1 Å². The van der Waals surface area contributed by atoms with Gasteiger partial charge in [0.2, 0.25) is 0 Å². The van der Waals surface area contributed by atoms with Crippen LogP contribution in [0.3, 0.4) is 0 Å². The van der Waals surface area contributed by atoms with E-state index in [-0.39, 0.29) is 0 Å². The number of allylic oxidation sites excluding steroid dienone is 1. The predicted molar refractivity (Wildman–Crippen MR) is 64.6 cm³/mol. The van der Waals surface area contributed by atoms with Gasteiger partial charge in [0, 0.05) is 19.6 Å². The van der Waals surface area contributed by atoms with Crippen molar-refractivity contribution in [3.05, 3.63) is 59.7 Å². The fraction of sp³-hybridized carbons (Fsp3) is 0.286. The van der Waals surface area contributed by atoms with Crippen LogP contribution in [0.4, 0.5) is 0 Å². The molecule has 78 valence electrons. The Balaban J connectivity index is 2.01. The Kier molecular flexibility index (Phi) is 3.02. The third-order valence-electron chi connectivity index (χ3n) is 2.86. The summed E-state index contributed by atoms with van der Waals surface area (Å²) in [5.74, 6) is 0. The summed E-state index contributed by atoms with van der Waals surface area (Å²) in [5.41, 5.74) is 4.04. The molecule has 1 heterocycles. The van der Waals surface area contributed by atoms with Crippen LogP contribution < -0.4 is 0 Å². The van der Waals surface area contributed by atoms with Crippen LogP contribution in [0.1, 0.15) is 12.5 Å². The summed E-state index contributed by atoms with van der Waals surface area (Å²) >= 11 is 0. The molecule has 0 unspecified atom stereocenters. The van der Waals surface area contributed by atoms with Crippen molar-refractivity contribution in [3.8, 4) is 0 Å². The predicted octanol–water partition coefficient (Wildman–Crippen LogP) is 3.00. The van der Waals surface area contributed by atoms with Crippen molar-refractivity contribution in [2.45, 2.75) is 13.5 Å². The lowest BCUT2D eigenvalue weighted by Crippen LogP contribution is -2.18. The molecule has 1 aliphatic heterocycles. The fourth-order valence-electron chi connectivity index (χ4n) is 2.03. The van der Waals surface area contributed by atoms with Gasteiger partial charge in [0.15, 0.2) is 0 Å². The maximum absolute atomic E-state index is 4.09. The maximum Gasteiger partial charge on any atom is 0.0240 e. The normalized spacial score (nSPS) is 20.1. The van der Waals surface area contributed by atoms with E-state index in [2.05, 4.69) is 54.8 Å². The Bertz CT molecular complexity index is 376. The Hall–Kier alpha value is -1.34. The molecule has 0 amide bonds. The van der Waals surface area contributed by atoms with Crippen LogP contribution in [-0.4, -0.2) is 18.0 Å². The molecular formula is C14H17N. The van der Waals surface area contributed by atoms with Crippen molar-refractivity contribution in [2.75, 3.05) is 13.1 Å². The molecule has 1 saturated heterocycles. The first kappa shape index (κ1) is 10.2. The molecule has 0 saturated carbocycles. The summed E-state index contributed by atoms with van der Waals surface area (Å²) in [5, 5.41) is 0. The van der Waals surface area contributed by atoms with E-state index in [9.17, 15) is 0 Å². The first-order valence-electron chi connectivity index (χ1n) is 5.39. The second-order valence-corrected chi connectivity index (χ2v) is 4.05. The minimum absolute atomic E-state index is 1.01. The lowest BCUT2D eigenvalue weighted by atomic mass is 10.2. The quantitative estimate of drug-likeness (QED) is 0.707. The minimum atomic E-state index is 1.01. The van der Waals surface area contributed by atoms with E-state index in [1.54, 1.807) is 0 Å². The van der Waals surface area contributed by atoms with Gasteiger partial charge in [-0.25, -0.2) is 0 Å².